The lowest BCUT2D eigenvalue weighted by Gasteiger charge is -2.47. The first-order valence-electron chi connectivity index (χ1n) is 13.7. The standard InChI is InChI=1S/C32H33N3O5/c1-20(36)21-8-10-23(11-9-21)33-14-16-34(17-15-33)32(38)29-25-18-27(39-2)28(40-3)19-26(25)31(37)35-13-12-22-6-4-5-7-24(22)30(29)35/h4-11,18-19,29-30H,12-17H2,1-3H3/t29-,30-/m0/s1. The van der Waals surface area contributed by atoms with Crippen LogP contribution in [0.3, 0.4) is 0 Å². The highest BCUT2D eigenvalue weighted by Crippen LogP contribution is 2.49. The number of hydrogen-bond acceptors (Lipinski definition) is 6. The van der Waals surface area contributed by atoms with Gasteiger partial charge < -0.3 is 24.2 Å². The molecule has 1 saturated heterocycles. The van der Waals surface area contributed by atoms with Crippen molar-refractivity contribution >= 4 is 23.3 Å². The van der Waals surface area contributed by atoms with Gasteiger partial charge in [0.1, 0.15) is 0 Å². The van der Waals surface area contributed by atoms with E-state index in [0.29, 0.717) is 60.9 Å². The number of carbonyl (C=O) groups excluding carboxylic acids is 3. The Hall–Kier alpha value is -4.33. The number of nitrogens with zero attached hydrogens (tertiary/aromatic N) is 3. The monoisotopic (exact) mass is 539 g/mol. The number of benzene rings is 3. The molecule has 0 radical (unpaired) electrons. The van der Waals surface area contributed by atoms with Crippen molar-refractivity contribution in [3.63, 3.8) is 0 Å². The van der Waals surface area contributed by atoms with Crippen LogP contribution in [-0.4, -0.2) is 74.3 Å². The third kappa shape index (κ3) is 4.28. The number of ether oxygens (including phenoxy) is 2. The van der Waals surface area contributed by atoms with Gasteiger partial charge in [0.2, 0.25) is 5.91 Å². The second-order valence-electron chi connectivity index (χ2n) is 10.6. The number of ketones is 1. The maximum Gasteiger partial charge on any atom is 0.254 e. The quantitative estimate of drug-likeness (QED) is 0.455. The zero-order valence-electron chi connectivity index (χ0n) is 23.1. The third-order valence-electron chi connectivity index (χ3n) is 8.53. The molecular formula is C32H33N3O5. The van der Waals surface area contributed by atoms with Crippen LogP contribution in [0, 0.1) is 0 Å². The van der Waals surface area contributed by atoms with Crippen molar-refractivity contribution in [2.45, 2.75) is 25.3 Å². The molecule has 3 aliphatic heterocycles. The molecule has 3 aromatic carbocycles. The molecule has 2 atom stereocenters. The molecule has 8 heteroatoms. The molecule has 0 unspecified atom stereocenters. The highest BCUT2D eigenvalue weighted by atomic mass is 16.5. The zero-order valence-corrected chi connectivity index (χ0v) is 23.1. The Morgan fingerprint density at radius 2 is 1.50 bits per heavy atom. The van der Waals surface area contributed by atoms with Gasteiger partial charge >= 0.3 is 0 Å². The van der Waals surface area contributed by atoms with Gasteiger partial charge in [0.05, 0.1) is 26.2 Å². The predicted octanol–water partition coefficient (Wildman–Crippen LogP) is 4.09. The van der Waals surface area contributed by atoms with Crippen molar-refractivity contribution in [3.8, 4) is 11.5 Å². The molecule has 3 heterocycles. The number of methoxy groups -OCH3 is 2. The molecule has 1 fully saturated rings. The summed E-state index contributed by atoms with van der Waals surface area (Å²) in [7, 11) is 3.11. The Morgan fingerprint density at radius 1 is 0.825 bits per heavy atom. The van der Waals surface area contributed by atoms with E-state index < -0.39 is 5.92 Å². The van der Waals surface area contributed by atoms with Crippen LogP contribution in [0.25, 0.3) is 0 Å². The molecule has 3 aromatic rings. The maximum atomic E-state index is 14.5. The average molecular weight is 540 g/mol. The minimum Gasteiger partial charge on any atom is -0.493 e. The van der Waals surface area contributed by atoms with E-state index >= 15 is 0 Å². The van der Waals surface area contributed by atoms with Gasteiger partial charge in [-0.2, -0.15) is 0 Å². The fourth-order valence-corrected chi connectivity index (χ4v) is 6.40. The van der Waals surface area contributed by atoms with Crippen LogP contribution in [-0.2, 0) is 11.2 Å². The molecule has 0 N–H and O–H groups in total. The van der Waals surface area contributed by atoms with Crippen molar-refractivity contribution < 1.29 is 23.9 Å². The molecule has 6 rings (SSSR count). The molecule has 8 nitrogen and oxygen atoms in total. The lowest BCUT2D eigenvalue weighted by molar-refractivity contribution is -0.135. The van der Waals surface area contributed by atoms with E-state index in [2.05, 4.69) is 11.0 Å². The van der Waals surface area contributed by atoms with Crippen molar-refractivity contribution in [3.05, 3.63) is 88.5 Å². The molecule has 40 heavy (non-hydrogen) atoms. The van der Waals surface area contributed by atoms with Gasteiger partial charge in [-0.25, -0.2) is 0 Å². The largest absolute Gasteiger partial charge is 0.493 e. The number of amides is 2. The number of hydrogen-bond donors (Lipinski definition) is 0. The number of Topliss-reactive ketones (excluding diaryl/α,β-unsaturated/α-hetero) is 1. The molecule has 0 bridgehead atoms. The van der Waals surface area contributed by atoms with Gasteiger partial charge in [0, 0.05) is 49.5 Å². The van der Waals surface area contributed by atoms with Crippen LogP contribution in [0.4, 0.5) is 5.69 Å². The Morgan fingerprint density at radius 3 is 2.17 bits per heavy atom. The van der Waals surface area contributed by atoms with E-state index in [1.807, 2.05) is 58.3 Å². The van der Waals surface area contributed by atoms with Crippen molar-refractivity contribution in [2.24, 2.45) is 0 Å². The Kier molecular flexibility index (Phi) is 6.70. The highest BCUT2D eigenvalue weighted by Gasteiger charge is 2.48. The Bertz CT molecular complexity index is 1480. The van der Waals surface area contributed by atoms with Crippen LogP contribution < -0.4 is 14.4 Å². The van der Waals surface area contributed by atoms with Crippen molar-refractivity contribution in [1.29, 1.82) is 0 Å². The minimum atomic E-state index is -0.560. The van der Waals surface area contributed by atoms with Crippen molar-refractivity contribution in [2.75, 3.05) is 51.8 Å². The van der Waals surface area contributed by atoms with E-state index in [0.717, 1.165) is 17.7 Å². The molecule has 2 amide bonds. The lowest BCUT2D eigenvalue weighted by atomic mass is 9.75. The van der Waals surface area contributed by atoms with Crippen LogP contribution in [0.5, 0.6) is 11.5 Å². The second-order valence-corrected chi connectivity index (χ2v) is 10.6. The molecule has 0 saturated carbocycles. The summed E-state index contributed by atoms with van der Waals surface area (Å²) in [4.78, 5) is 46.0. The van der Waals surface area contributed by atoms with Crippen LogP contribution in [0.2, 0.25) is 0 Å². The van der Waals surface area contributed by atoms with Crippen molar-refractivity contribution in [1.82, 2.24) is 9.80 Å². The van der Waals surface area contributed by atoms with E-state index in [1.165, 1.54) is 5.56 Å². The minimum absolute atomic E-state index is 0.0132. The van der Waals surface area contributed by atoms with Gasteiger partial charge in [0.25, 0.3) is 5.91 Å². The topological polar surface area (TPSA) is 79.4 Å². The number of piperazine rings is 1. The normalized spacial score (nSPS) is 19.9. The second kappa shape index (κ2) is 10.3. The predicted molar refractivity (Wildman–Crippen MR) is 151 cm³/mol. The molecular weight excluding hydrogens is 506 g/mol. The molecule has 0 aromatic heterocycles. The summed E-state index contributed by atoms with van der Waals surface area (Å²) in [6.07, 6.45) is 0.753. The number of anilines is 1. The van der Waals surface area contributed by atoms with Gasteiger partial charge in [-0.1, -0.05) is 24.3 Å². The zero-order chi connectivity index (χ0) is 28.0. The first kappa shape index (κ1) is 25.9. The van der Waals surface area contributed by atoms with Crippen LogP contribution in [0.15, 0.2) is 60.7 Å². The van der Waals surface area contributed by atoms with E-state index in [1.54, 1.807) is 27.2 Å². The average Bonchev–Trinajstić information content (AvgIpc) is 3.00. The molecule has 206 valence electrons. The summed E-state index contributed by atoms with van der Waals surface area (Å²) in [5.74, 6) is 0.387. The SMILES string of the molecule is COc1cc2c(cc1OC)[C@H](C(=O)N1CCN(c3ccc(C(C)=O)cc3)CC1)[C@@H]1c3ccccc3CCN1C2=O. The molecule has 0 aliphatic carbocycles. The highest BCUT2D eigenvalue weighted by molar-refractivity contribution is 6.02. The molecule has 3 aliphatic rings. The van der Waals surface area contributed by atoms with Crippen LogP contribution in [0.1, 0.15) is 56.3 Å². The summed E-state index contributed by atoms with van der Waals surface area (Å²) in [6.45, 7) is 4.61. The van der Waals surface area contributed by atoms with E-state index in [9.17, 15) is 14.4 Å². The maximum absolute atomic E-state index is 14.5. The smallest absolute Gasteiger partial charge is 0.254 e. The summed E-state index contributed by atoms with van der Waals surface area (Å²) in [6, 6.07) is 18.9. The summed E-state index contributed by atoms with van der Waals surface area (Å²) in [5.41, 5.74) is 5.12. The first-order valence-corrected chi connectivity index (χ1v) is 13.7. The summed E-state index contributed by atoms with van der Waals surface area (Å²) in [5, 5.41) is 0. The lowest BCUT2D eigenvalue weighted by Crippen LogP contribution is -2.54. The molecule has 0 spiro atoms. The fraction of sp³-hybridized carbons (Fsp3) is 0.344. The third-order valence-corrected chi connectivity index (χ3v) is 8.53. The van der Waals surface area contributed by atoms with Gasteiger partial charge in [-0.3, -0.25) is 14.4 Å². The van der Waals surface area contributed by atoms with E-state index in [-0.39, 0.29) is 23.6 Å². The van der Waals surface area contributed by atoms with Gasteiger partial charge in [-0.15, -0.1) is 0 Å². The van der Waals surface area contributed by atoms with Gasteiger partial charge in [-0.05, 0) is 66.4 Å². The van der Waals surface area contributed by atoms with E-state index in [4.69, 9.17) is 9.47 Å². The first-order chi connectivity index (χ1) is 19.4. The summed E-state index contributed by atoms with van der Waals surface area (Å²) < 4.78 is 11.1. The van der Waals surface area contributed by atoms with Gasteiger partial charge in [0.15, 0.2) is 17.3 Å². The Balaban J connectivity index is 1.34. The Labute approximate surface area is 234 Å². The summed E-state index contributed by atoms with van der Waals surface area (Å²) >= 11 is 0. The number of rotatable bonds is 5. The number of carbonyl (C=O) groups is 3. The fourth-order valence-electron chi connectivity index (χ4n) is 6.40. The van der Waals surface area contributed by atoms with Crippen LogP contribution >= 0.6 is 0 Å². The number of fused-ring (bicyclic) bond motifs is 4.